The second-order valence-electron chi connectivity index (χ2n) is 2.80. The molecular weight excluding hydrogens is 164 g/mol. The maximum absolute atomic E-state index is 9.45. The van der Waals surface area contributed by atoms with E-state index in [1.165, 1.54) is 0 Å². The van der Waals surface area contributed by atoms with Crippen molar-refractivity contribution in [1.82, 2.24) is 9.78 Å². The number of rotatable bonds is 3. The van der Waals surface area contributed by atoms with Gasteiger partial charge in [0.2, 0.25) is 0 Å². The van der Waals surface area contributed by atoms with Crippen LogP contribution in [0.4, 0.5) is 0 Å². The SMILES string of the molecule is C#CC(O)c1cc(CC)nn1CC. The van der Waals surface area contributed by atoms with Crippen LogP contribution in [0.1, 0.15) is 31.3 Å². The minimum absolute atomic E-state index is 0.710. The summed E-state index contributed by atoms with van der Waals surface area (Å²) in [6.07, 6.45) is 5.16. The van der Waals surface area contributed by atoms with Gasteiger partial charge in [-0.3, -0.25) is 4.68 Å². The lowest BCUT2D eigenvalue weighted by Crippen LogP contribution is -2.06. The van der Waals surface area contributed by atoms with Crippen molar-refractivity contribution < 1.29 is 5.11 Å². The van der Waals surface area contributed by atoms with Crippen LogP contribution >= 0.6 is 0 Å². The third kappa shape index (κ3) is 1.90. The van der Waals surface area contributed by atoms with E-state index in [0.29, 0.717) is 5.69 Å². The molecule has 3 nitrogen and oxygen atoms in total. The summed E-state index contributed by atoms with van der Waals surface area (Å²) in [6, 6.07) is 1.86. The molecule has 3 heteroatoms. The van der Waals surface area contributed by atoms with Crippen LogP contribution in [0.15, 0.2) is 6.07 Å². The van der Waals surface area contributed by atoms with Gasteiger partial charge in [0, 0.05) is 6.54 Å². The molecule has 0 bridgehead atoms. The van der Waals surface area contributed by atoms with Gasteiger partial charge in [-0.15, -0.1) is 6.42 Å². The van der Waals surface area contributed by atoms with E-state index in [4.69, 9.17) is 6.42 Å². The number of hydrogen-bond donors (Lipinski definition) is 1. The molecule has 0 fully saturated rings. The number of terminal acetylenes is 1. The molecule has 0 amide bonds. The van der Waals surface area contributed by atoms with Gasteiger partial charge in [-0.05, 0) is 19.4 Å². The Labute approximate surface area is 78.4 Å². The summed E-state index contributed by atoms with van der Waals surface area (Å²) >= 11 is 0. The Balaban J connectivity index is 3.05. The average Bonchev–Trinajstić information content (AvgIpc) is 2.59. The van der Waals surface area contributed by atoms with Crippen LogP contribution in [0.5, 0.6) is 0 Å². The summed E-state index contributed by atoms with van der Waals surface area (Å²) in [7, 11) is 0. The Morgan fingerprint density at radius 2 is 2.38 bits per heavy atom. The van der Waals surface area contributed by atoms with Gasteiger partial charge in [0.25, 0.3) is 0 Å². The van der Waals surface area contributed by atoms with E-state index in [2.05, 4.69) is 11.0 Å². The molecule has 1 aromatic heterocycles. The van der Waals surface area contributed by atoms with Crippen LogP contribution in [0.25, 0.3) is 0 Å². The molecule has 1 aromatic rings. The second-order valence-corrected chi connectivity index (χ2v) is 2.80. The molecule has 0 saturated carbocycles. The topological polar surface area (TPSA) is 38.1 Å². The minimum atomic E-state index is -0.840. The van der Waals surface area contributed by atoms with Gasteiger partial charge in [0.1, 0.15) is 0 Å². The quantitative estimate of drug-likeness (QED) is 0.705. The Bertz CT molecular complexity index is 322. The minimum Gasteiger partial charge on any atom is -0.374 e. The van der Waals surface area contributed by atoms with Gasteiger partial charge in [-0.2, -0.15) is 5.10 Å². The lowest BCUT2D eigenvalue weighted by atomic mass is 10.2. The van der Waals surface area contributed by atoms with Crippen molar-refractivity contribution in [2.24, 2.45) is 0 Å². The second kappa shape index (κ2) is 4.11. The highest BCUT2D eigenvalue weighted by atomic mass is 16.3. The summed E-state index contributed by atoms with van der Waals surface area (Å²) < 4.78 is 1.74. The highest BCUT2D eigenvalue weighted by Gasteiger charge is 2.11. The number of aromatic nitrogens is 2. The van der Waals surface area contributed by atoms with Crippen molar-refractivity contribution in [3.8, 4) is 12.3 Å². The maximum atomic E-state index is 9.45. The molecule has 0 aromatic carbocycles. The first-order valence-electron chi connectivity index (χ1n) is 4.43. The van der Waals surface area contributed by atoms with Crippen LogP contribution in [-0.2, 0) is 13.0 Å². The summed E-state index contributed by atoms with van der Waals surface area (Å²) in [6.45, 7) is 4.72. The van der Waals surface area contributed by atoms with E-state index < -0.39 is 6.10 Å². The summed E-state index contributed by atoms with van der Waals surface area (Å²) in [5.41, 5.74) is 1.67. The molecule has 1 N–H and O–H groups in total. The van der Waals surface area contributed by atoms with E-state index in [1.54, 1.807) is 4.68 Å². The van der Waals surface area contributed by atoms with Gasteiger partial charge in [0.15, 0.2) is 6.10 Å². The number of aliphatic hydroxyl groups is 1. The molecule has 13 heavy (non-hydrogen) atoms. The lowest BCUT2D eigenvalue weighted by molar-refractivity contribution is 0.226. The molecule has 1 unspecified atom stereocenters. The largest absolute Gasteiger partial charge is 0.374 e. The average molecular weight is 178 g/mol. The predicted octanol–water partition coefficient (Wildman–Crippen LogP) is 1.13. The number of aliphatic hydroxyl groups excluding tert-OH is 1. The first-order chi connectivity index (χ1) is 6.22. The van der Waals surface area contributed by atoms with E-state index in [1.807, 2.05) is 19.9 Å². The number of nitrogens with zero attached hydrogens (tertiary/aromatic N) is 2. The molecule has 1 heterocycles. The molecule has 0 aliphatic heterocycles. The first kappa shape index (κ1) is 9.82. The summed E-state index contributed by atoms with van der Waals surface area (Å²) in [4.78, 5) is 0. The molecule has 0 aliphatic carbocycles. The fraction of sp³-hybridized carbons (Fsp3) is 0.500. The fourth-order valence-corrected chi connectivity index (χ4v) is 1.22. The zero-order chi connectivity index (χ0) is 9.84. The Morgan fingerprint density at radius 1 is 1.69 bits per heavy atom. The van der Waals surface area contributed by atoms with Gasteiger partial charge in [-0.25, -0.2) is 0 Å². The van der Waals surface area contributed by atoms with Crippen molar-refractivity contribution >= 4 is 0 Å². The fourth-order valence-electron chi connectivity index (χ4n) is 1.22. The molecule has 0 radical (unpaired) electrons. The van der Waals surface area contributed by atoms with Gasteiger partial charge < -0.3 is 5.11 Å². The van der Waals surface area contributed by atoms with Crippen LogP contribution in [0, 0.1) is 12.3 Å². The van der Waals surface area contributed by atoms with Crippen LogP contribution < -0.4 is 0 Å². The molecule has 70 valence electrons. The van der Waals surface area contributed by atoms with Gasteiger partial charge >= 0.3 is 0 Å². The maximum Gasteiger partial charge on any atom is 0.156 e. The number of hydrogen-bond acceptors (Lipinski definition) is 2. The highest BCUT2D eigenvalue weighted by molar-refractivity contribution is 5.19. The van der Waals surface area contributed by atoms with Crippen LogP contribution in [0.2, 0.25) is 0 Å². The third-order valence-electron chi connectivity index (χ3n) is 1.96. The molecule has 1 atom stereocenters. The zero-order valence-corrected chi connectivity index (χ0v) is 7.99. The molecular formula is C10H14N2O. The van der Waals surface area contributed by atoms with Crippen molar-refractivity contribution in [3.63, 3.8) is 0 Å². The van der Waals surface area contributed by atoms with Crippen LogP contribution in [-0.4, -0.2) is 14.9 Å². The molecule has 0 spiro atoms. The molecule has 1 rings (SSSR count). The number of aryl methyl sites for hydroxylation is 2. The first-order valence-corrected chi connectivity index (χ1v) is 4.43. The van der Waals surface area contributed by atoms with Crippen molar-refractivity contribution in [2.75, 3.05) is 0 Å². The van der Waals surface area contributed by atoms with Gasteiger partial charge in [0.05, 0.1) is 11.4 Å². The van der Waals surface area contributed by atoms with Crippen molar-refractivity contribution in [2.45, 2.75) is 32.9 Å². The zero-order valence-electron chi connectivity index (χ0n) is 7.99. The Morgan fingerprint density at radius 3 is 2.85 bits per heavy atom. The van der Waals surface area contributed by atoms with E-state index in [0.717, 1.165) is 18.7 Å². The normalized spacial score (nSPS) is 12.5. The van der Waals surface area contributed by atoms with Crippen molar-refractivity contribution in [3.05, 3.63) is 17.5 Å². The Hall–Kier alpha value is -1.27. The Kier molecular flexibility index (Phi) is 3.10. The standard InChI is InChI=1S/C10H14N2O/c1-4-8-7-9(10(13)5-2)12(6-3)11-8/h2,7,10,13H,4,6H2,1,3H3. The summed E-state index contributed by atoms with van der Waals surface area (Å²) in [5, 5.41) is 13.7. The van der Waals surface area contributed by atoms with E-state index in [-0.39, 0.29) is 0 Å². The molecule has 0 aliphatic rings. The predicted molar refractivity (Wildman–Crippen MR) is 51.1 cm³/mol. The van der Waals surface area contributed by atoms with E-state index >= 15 is 0 Å². The van der Waals surface area contributed by atoms with Crippen molar-refractivity contribution in [1.29, 1.82) is 0 Å². The monoisotopic (exact) mass is 178 g/mol. The van der Waals surface area contributed by atoms with Gasteiger partial charge in [-0.1, -0.05) is 12.8 Å². The summed E-state index contributed by atoms with van der Waals surface area (Å²) in [5.74, 6) is 2.29. The lowest BCUT2D eigenvalue weighted by Gasteiger charge is -2.04. The highest BCUT2D eigenvalue weighted by Crippen LogP contribution is 2.13. The smallest absolute Gasteiger partial charge is 0.156 e. The third-order valence-corrected chi connectivity index (χ3v) is 1.96. The van der Waals surface area contributed by atoms with Crippen LogP contribution in [0.3, 0.4) is 0 Å². The van der Waals surface area contributed by atoms with E-state index in [9.17, 15) is 5.11 Å². The molecule has 0 saturated heterocycles.